The van der Waals surface area contributed by atoms with Crippen molar-refractivity contribution < 1.29 is 19.4 Å². The molecule has 1 heterocycles. The van der Waals surface area contributed by atoms with Crippen molar-refractivity contribution in [3.8, 4) is 0 Å². The van der Waals surface area contributed by atoms with Gasteiger partial charge in [-0.15, -0.1) is 0 Å². The fourth-order valence-electron chi connectivity index (χ4n) is 0.999. The number of carbonyl (C=O) groups is 1. The maximum absolute atomic E-state index is 10.4. The van der Waals surface area contributed by atoms with Gasteiger partial charge >= 0.3 is 0 Å². The third-order valence-corrected chi connectivity index (χ3v) is 1.79. The fourth-order valence-corrected chi connectivity index (χ4v) is 0.999. The van der Waals surface area contributed by atoms with E-state index in [9.17, 15) is 4.79 Å². The molecule has 0 aliphatic heterocycles. The van der Waals surface area contributed by atoms with E-state index in [2.05, 4.69) is 6.92 Å². The van der Waals surface area contributed by atoms with Crippen molar-refractivity contribution in [2.45, 2.75) is 26.4 Å². The Hall–Kier alpha value is -1.13. The molecule has 0 radical (unpaired) electrons. The van der Waals surface area contributed by atoms with Gasteiger partial charge in [0.2, 0.25) is 0 Å². The molecule has 14 heavy (non-hydrogen) atoms. The van der Waals surface area contributed by atoms with Crippen molar-refractivity contribution >= 4 is 6.29 Å². The zero-order chi connectivity index (χ0) is 9.52. The number of carbonyl (C=O) groups excluding carboxylic acids is 1. The van der Waals surface area contributed by atoms with Crippen molar-refractivity contribution in [3.05, 3.63) is 23.7 Å². The van der Waals surface area contributed by atoms with Crippen LogP contribution >= 0.6 is 0 Å². The van der Waals surface area contributed by atoms with Gasteiger partial charge < -0.3 is 14.6 Å². The van der Waals surface area contributed by atoms with Crippen molar-refractivity contribution in [1.82, 2.24) is 0 Å². The van der Waals surface area contributed by atoms with E-state index in [0.29, 0.717) is 18.7 Å². The molecule has 0 saturated heterocycles. The highest BCUT2D eigenvalue weighted by molar-refractivity contribution is 5.72. The van der Waals surface area contributed by atoms with E-state index in [1.807, 2.05) is 0 Å². The number of ether oxygens (including phenoxy) is 1. The molecular weight excluding hydrogens is 184 g/mol. The molecule has 0 fully saturated rings. The second-order valence-electron chi connectivity index (χ2n) is 2.83. The molecule has 1 aromatic rings. The molecule has 0 amide bonds. The lowest BCUT2D eigenvalue weighted by molar-refractivity contribution is 0.106. The molecule has 2 N–H and O–H groups in total. The van der Waals surface area contributed by atoms with Crippen LogP contribution in [0.15, 0.2) is 16.7 Å². The monoisotopic (exact) mass is 200 g/mol. The van der Waals surface area contributed by atoms with Crippen LogP contribution in [0, 0.1) is 0 Å². The van der Waals surface area contributed by atoms with Crippen molar-refractivity contribution in [1.29, 1.82) is 0 Å². The normalized spacial score (nSPS) is 9.50. The van der Waals surface area contributed by atoms with Crippen LogP contribution in [0.5, 0.6) is 0 Å². The SMILES string of the molecule is CCCCOCc1ccoc1C=O.O. The van der Waals surface area contributed by atoms with E-state index in [0.717, 1.165) is 25.0 Å². The number of hydrogen-bond acceptors (Lipinski definition) is 3. The molecule has 0 aliphatic rings. The Kier molecular flexibility index (Phi) is 6.70. The lowest BCUT2D eigenvalue weighted by atomic mass is 10.3. The van der Waals surface area contributed by atoms with Crippen LogP contribution < -0.4 is 0 Å². The summed E-state index contributed by atoms with van der Waals surface area (Å²) in [5.74, 6) is 0.372. The van der Waals surface area contributed by atoms with Gasteiger partial charge in [-0.3, -0.25) is 4.79 Å². The molecule has 4 nitrogen and oxygen atoms in total. The number of aldehydes is 1. The van der Waals surface area contributed by atoms with Gasteiger partial charge in [0.05, 0.1) is 12.9 Å². The van der Waals surface area contributed by atoms with E-state index in [4.69, 9.17) is 9.15 Å². The smallest absolute Gasteiger partial charge is 0.185 e. The average Bonchev–Trinajstić information content (AvgIpc) is 2.60. The molecule has 0 aromatic carbocycles. The van der Waals surface area contributed by atoms with Crippen molar-refractivity contribution in [2.24, 2.45) is 0 Å². The van der Waals surface area contributed by atoms with Crippen molar-refractivity contribution in [2.75, 3.05) is 6.61 Å². The predicted molar refractivity (Wildman–Crippen MR) is 52.3 cm³/mol. The molecule has 0 bridgehead atoms. The van der Waals surface area contributed by atoms with E-state index < -0.39 is 0 Å². The fraction of sp³-hybridized carbons (Fsp3) is 0.500. The lowest BCUT2D eigenvalue weighted by Gasteiger charge is -2.00. The first-order valence-corrected chi connectivity index (χ1v) is 4.47. The highest BCUT2D eigenvalue weighted by atomic mass is 16.5. The standard InChI is InChI=1S/C10H14O3.H2O/c1-2-3-5-12-8-9-4-6-13-10(9)7-11;/h4,6-7H,2-3,5,8H2,1H3;1H2. The third kappa shape index (κ3) is 3.72. The van der Waals surface area contributed by atoms with Crippen LogP contribution in [0.4, 0.5) is 0 Å². The molecule has 0 atom stereocenters. The summed E-state index contributed by atoms with van der Waals surface area (Å²) in [4.78, 5) is 10.4. The zero-order valence-electron chi connectivity index (χ0n) is 8.29. The summed E-state index contributed by atoms with van der Waals surface area (Å²) >= 11 is 0. The first-order chi connectivity index (χ1) is 6.38. The van der Waals surface area contributed by atoms with E-state index in [-0.39, 0.29) is 5.48 Å². The van der Waals surface area contributed by atoms with Crippen molar-refractivity contribution in [3.63, 3.8) is 0 Å². The van der Waals surface area contributed by atoms with Crippen LogP contribution in [0.2, 0.25) is 0 Å². The van der Waals surface area contributed by atoms with Crippen LogP contribution in [0.1, 0.15) is 35.9 Å². The Morgan fingerprint density at radius 2 is 2.36 bits per heavy atom. The topological polar surface area (TPSA) is 70.9 Å². The second kappa shape index (κ2) is 7.29. The summed E-state index contributed by atoms with van der Waals surface area (Å²) in [6, 6.07) is 1.76. The van der Waals surface area contributed by atoms with E-state index >= 15 is 0 Å². The Morgan fingerprint density at radius 1 is 1.57 bits per heavy atom. The quantitative estimate of drug-likeness (QED) is 0.517. The van der Waals surface area contributed by atoms with Gasteiger partial charge in [0.1, 0.15) is 0 Å². The number of hydrogen-bond donors (Lipinski definition) is 0. The molecule has 80 valence electrons. The summed E-state index contributed by atoms with van der Waals surface area (Å²) in [6.07, 6.45) is 4.38. The minimum Gasteiger partial charge on any atom is -0.461 e. The average molecular weight is 200 g/mol. The van der Waals surface area contributed by atoms with Gasteiger partial charge in [-0.2, -0.15) is 0 Å². The van der Waals surface area contributed by atoms with E-state index in [1.165, 1.54) is 6.26 Å². The first kappa shape index (κ1) is 12.9. The summed E-state index contributed by atoms with van der Waals surface area (Å²) in [6.45, 7) is 3.31. The van der Waals surface area contributed by atoms with Crippen LogP contribution in [0.3, 0.4) is 0 Å². The summed E-state index contributed by atoms with van der Waals surface area (Å²) in [5, 5.41) is 0. The molecule has 4 heteroatoms. The van der Waals surface area contributed by atoms with Gasteiger partial charge in [-0.25, -0.2) is 0 Å². The summed E-state index contributed by atoms with van der Waals surface area (Å²) in [7, 11) is 0. The third-order valence-electron chi connectivity index (χ3n) is 1.79. The number of rotatable bonds is 6. The van der Waals surface area contributed by atoms with Crippen LogP contribution in [-0.2, 0) is 11.3 Å². The van der Waals surface area contributed by atoms with Crippen LogP contribution in [-0.4, -0.2) is 18.4 Å². The minimum absolute atomic E-state index is 0. The highest BCUT2D eigenvalue weighted by Gasteiger charge is 2.03. The Balaban J connectivity index is 0.00000169. The number of unbranched alkanes of at least 4 members (excludes halogenated alkanes) is 1. The van der Waals surface area contributed by atoms with Gasteiger partial charge in [-0.05, 0) is 12.5 Å². The maximum atomic E-state index is 10.4. The van der Waals surface area contributed by atoms with Gasteiger partial charge in [0.15, 0.2) is 12.0 Å². The Labute approximate surface area is 83.2 Å². The summed E-state index contributed by atoms with van der Waals surface area (Å²) < 4.78 is 10.3. The summed E-state index contributed by atoms with van der Waals surface area (Å²) in [5.41, 5.74) is 0.825. The maximum Gasteiger partial charge on any atom is 0.185 e. The Bertz CT molecular complexity index is 254. The van der Waals surface area contributed by atoms with Gasteiger partial charge in [0.25, 0.3) is 0 Å². The van der Waals surface area contributed by atoms with Crippen LogP contribution in [0.25, 0.3) is 0 Å². The molecular formula is C10H16O4. The lowest BCUT2D eigenvalue weighted by Crippen LogP contribution is -1.96. The first-order valence-electron chi connectivity index (χ1n) is 4.47. The Morgan fingerprint density at radius 3 is 3.00 bits per heavy atom. The molecule has 0 saturated carbocycles. The largest absolute Gasteiger partial charge is 0.461 e. The number of furan rings is 1. The molecule has 0 unspecified atom stereocenters. The van der Waals surface area contributed by atoms with Gasteiger partial charge in [0, 0.05) is 12.2 Å². The minimum atomic E-state index is 0. The zero-order valence-corrected chi connectivity index (χ0v) is 8.29. The molecule has 1 rings (SSSR count). The highest BCUT2D eigenvalue weighted by Crippen LogP contribution is 2.09. The molecule has 0 spiro atoms. The predicted octanol–water partition coefficient (Wildman–Crippen LogP) is 1.58. The molecule has 1 aromatic heterocycles. The second-order valence-corrected chi connectivity index (χ2v) is 2.83. The molecule has 0 aliphatic carbocycles. The van der Waals surface area contributed by atoms with E-state index in [1.54, 1.807) is 6.07 Å². The van der Waals surface area contributed by atoms with Gasteiger partial charge in [-0.1, -0.05) is 13.3 Å².